The molecule has 90 valence electrons. The quantitative estimate of drug-likeness (QED) is 0.698. The predicted molar refractivity (Wildman–Crippen MR) is 64.1 cm³/mol. The fourth-order valence-corrected chi connectivity index (χ4v) is 4.28. The lowest BCUT2D eigenvalue weighted by Gasteiger charge is -2.39. The topological polar surface area (TPSA) is 37.4 Å². The van der Waals surface area contributed by atoms with Crippen LogP contribution in [-0.2, 0) is 9.84 Å². The molecule has 1 aliphatic carbocycles. The molecular weight excluding hydrogens is 234 g/mol. The van der Waals surface area contributed by atoms with Crippen LogP contribution < -0.4 is 0 Å². The van der Waals surface area contributed by atoms with Crippen molar-refractivity contribution in [2.45, 2.75) is 36.4 Å². The van der Waals surface area contributed by atoms with Gasteiger partial charge < -0.3 is 4.90 Å². The van der Waals surface area contributed by atoms with Gasteiger partial charge in [-0.1, -0.05) is 6.92 Å². The van der Waals surface area contributed by atoms with Gasteiger partial charge in [0.2, 0.25) is 0 Å². The van der Waals surface area contributed by atoms with Gasteiger partial charge in [0.1, 0.15) is 0 Å². The van der Waals surface area contributed by atoms with Crippen LogP contribution in [0.5, 0.6) is 0 Å². The molecule has 0 amide bonds. The summed E-state index contributed by atoms with van der Waals surface area (Å²) < 4.78 is 23.3. The molecule has 0 aromatic heterocycles. The Balaban J connectivity index is 2.87. The maximum Gasteiger partial charge on any atom is 0.150 e. The van der Waals surface area contributed by atoms with E-state index in [1.54, 1.807) is 0 Å². The largest absolute Gasteiger partial charge is 0.306 e. The van der Waals surface area contributed by atoms with Crippen LogP contribution in [0.25, 0.3) is 0 Å². The van der Waals surface area contributed by atoms with Gasteiger partial charge in [-0.05, 0) is 32.9 Å². The lowest BCUT2D eigenvalue weighted by Crippen LogP contribution is -2.46. The minimum absolute atomic E-state index is 0.0362. The number of hydrogen-bond acceptors (Lipinski definition) is 3. The van der Waals surface area contributed by atoms with Crippen molar-refractivity contribution in [2.75, 3.05) is 20.4 Å². The number of nitrogens with zero attached hydrogens (tertiary/aromatic N) is 1. The third-order valence-electron chi connectivity index (χ3n) is 3.44. The van der Waals surface area contributed by atoms with Crippen LogP contribution in [0.2, 0.25) is 0 Å². The molecule has 0 aromatic rings. The van der Waals surface area contributed by atoms with Crippen molar-refractivity contribution in [3.05, 3.63) is 0 Å². The Labute approximate surface area is 97.7 Å². The van der Waals surface area contributed by atoms with E-state index in [1.807, 2.05) is 21.0 Å². The van der Waals surface area contributed by atoms with E-state index in [9.17, 15) is 8.42 Å². The molecule has 0 aromatic carbocycles. The lowest BCUT2D eigenvalue weighted by atomic mass is 9.86. The smallest absolute Gasteiger partial charge is 0.150 e. The Bertz CT molecular complexity index is 315. The van der Waals surface area contributed by atoms with Gasteiger partial charge in [-0.15, -0.1) is 11.6 Å². The molecule has 1 rings (SSSR count). The summed E-state index contributed by atoms with van der Waals surface area (Å²) in [7, 11) is 0.966. The van der Waals surface area contributed by atoms with Crippen LogP contribution in [0, 0.1) is 5.92 Å². The maximum atomic E-state index is 11.6. The van der Waals surface area contributed by atoms with Gasteiger partial charge in [-0.25, -0.2) is 8.42 Å². The molecule has 0 aliphatic heterocycles. The van der Waals surface area contributed by atoms with Gasteiger partial charge in [0.25, 0.3) is 0 Å². The van der Waals surface area contributed by atoms with Crippen molar-refractivity contribution in [3.8, 4) is 0 Å². The highest BCUT2D eigenvalue weighted by molar-refractivity contribution is 7.91. The van der Waals surface area contributed by atoms with E-state index in [-0.39, 0.29) is 22.6 Å². The molecule has 0 spiro atoms. The molecule has 0 N–H and O–H groups in total. The highest BCUT2D eigenvalue weighted by atomic mass is 35.5. The van der Waals surface area contributed by atoms with E-state index in [1.165, 1.54) is 6.26 Å². The van der Waals surface area contributed by atoms with E-state index in [2.05, 4.69) is 4.90 Å². The van der Waals surface area contributed by atoms with Gasteiger partial charge in [0.05, 0.1) is 5.25 Å². The number of halogens is 1. The van der Waals surface area contributed by atoms with Crippen LogP contribution in [0.3, 0.4) is 0 Å². The first-order valence-corrected chi connectivity index (χ1v) is 7.62. The number of rotatable bonds is 2. The summed E-state index contributed by atoms with van der Waals surface area (Å²) in [4.78, 5) is 2.07. The molecule has 4 unspecified atom stereocenters. The van der Waals surface area contributed by atoms with Gasteiger partial charge in [-0.3, -0.25) is 0 Å². The fourth-order valence-electron chi connectivity index (χ4n) is 2.27. The van der Waals surface area contributed by atoms with Crippen molar-refractivity contribution in [1.82, 2.24) is 4.90 Å². The van der Waals surface area contributed by atoms with Crippen molar-refractivity contribution in [2.24, 2.45) is 5.92 Å². The van der Waals surface area contributed by atoms with Gasteiger partial charge >= 0.3 is 0 Å². The molecule has 1 saturated carbocycles. The van der Waals surface area contributed by atoms with Crippen LogP contribution >= 0.6 is 11.6 Å². The second kappa shape index (κ2) is 4.60. The fraction of sp³-hybridized carbons (Fsp3) is 1.00. The molecular formula is C10H20ClNO2S. The van der Waals surface area contributed by atoms with Crippen LogP contribution in [-0.4, -0.2) is 50.3 Å². The van der Waals surface area contributed by atoms with Gasteiger partial charge in [0.15, 0.2) is 9.84 Å². The van der Waals surface area contributed by atoms with Crippen molar-refractivity contribution >= 4 is 21.4 Å². The summed E-state index contributed by atoms with van der Waals surface area (Å²) in [6.45, 7) is 1.94. The summed E-state index contributed by atoms with van der Waals surface area (Å²) in [5.74, 6) is 0.0536. The predicted octanol–water partition coefficient (Wildman–Crippen LogP) is 1.37. The molecule has 1 fully saturated rings. The van der Waals surface area contributed by atoms with E-state index < -0.39 is 9.84 Å². The highest BCUT2D eigenvalue weighted by Gasteiger charge is 2.39. The monoisotopic (exact) mass is 253 g/mol. The number of sulfone groups is 1. The summed E-state index contributed by atoms with van der Waals surface area (Å²) in [6, 6.07) is 0.281. The first kappa shape index (κ1) is 13.3. The van der Waals surface area contributed by atoms with Crippen molar-refractivity contribution < 1.29 is 8.42 Å². The minimum Gasteiger partial charge on any atom is -0.306 e. The third kappa shape index (κ3) is 3.08. The molecule has 0 bridgehead atoms. The molecule has 0 heterocycles. The van der Waals surface area contributed by atoms with Crippen LogP contribution in [0.1, 0.15) is 19.8 Å². The minimum atomic E-state index is -2.99. The Morgan fingerprint density at radius 2 is 1.80 bits per heavy atom. The Morgan fingerprint density at radius 1 is 1.27 bits per heavy atom. The normalized spacial score (nSPS) is 38.3. The molecule has 0 saturated heterocycles. The number of hydrogen-bond donors (Lipinski definition) is 0. The van der Waals surface area contributed by atoms with E-state index in [0.29, 0.717) is 6.42 Å². The van der Waals surface area contributed by atoms with E-state index in [4.69, 9.17) is 11.6 Å². The molecule has 3 nitrogen and oxygen atoms in total. The summed E-state index contributed by atoms with van der Waals surface area (Å²) in [6.07, 6.45) is 2.90. The SMILES string of the molecule is CC1C(Cl)CC(N(C)C)CC1S(C)(=O)=O. The lowest BCUT2D eigenvalue weighted by molar-refractivity contribution is 0.206. The number of alkyl halides is 1. The first-order valence-electron chi connectivity index (χ1n) is 5.23. The summed E-state index contributed by atoms with van der Waals surface area (Å²) in [5.41, 5.74) is 0. The molecule has 1 aliphatic rings. The molecule has 0 radical (unpaired) electrons. The first-order chi connectivity index (χ1) is 6.73. The van der Waals surface area contributed by atoms with Gasteiger partial charge in [0, 0.05) is 17.7 Å². The Kier molecular flexibility index (Phi) is 4.07. The van der Waals surface area contributed by atoms with E-state index in [0.717, 1.165) is 6.42 Å². The second-order valence-electron chi connectivity index (χ2n) is 4.83. The molecule has 4 atom stereocenters. The van der Waals surface area contributed by atoms with Gasteiger partial charge in [-0.2, -0.15) is 0 Å². The zero-order chi connectivity index (χ0) is 11.8. The zero-order valence-corrected chi connectivity index (χ0v) is 11.3. The third-order valence-corrected chi connectivity index (χ3v) is 5.74. The average molecular weight is 254 g/mol. The standard InChI is InChI=1S/C10H20ClNO2S/c1-7-9(11)5-8(12(2)3)6-10(7)15(4,13)14/h7-10H,5-6H2,1-4H3. The summed E-state index contributed by atoms with van der Waals surface area (Å²) >= 11 is 6.22. The highest BCUT2D eigenvalue weighted by Crippen LogP contribution is 2.34. The molecule has 5 heteroatoms. The average Bonchev–Trinajstić information content (AvgIpc) is 2.06. The van der Waals surface area contributed by atoms with E-state index >= 15 is 0 Å². The zero-order valence-electron chi connectivity index (χ0n) is 9.77. The second-order valence-corrected chi connectivity index (χ2v) is 7.66. The molecule has 15 heavy (non-hydrogen) atoms. The van der Waals surface area contributed by atoms with Crippen LogP contribution in [0.15, 0.2) is 0 Å². The van der Waals surface area contributed by atoms with Crippen LogP contribution in [0.4, 0.5) is 0 Å². The Morgan fingerprint density at radius 3 is 2.20 bits per heavy atom. The Hall–Kier alpha value is 0.200. The van der Waals surface area contributed by atoms with Crippen molar-refractivity contribution in [3.63, 3.8) is 0 Å². The summed E-state index contributed by atoms with van der Waals surface area (Å²) in [5, 5.41) is -0.327. The van der Waals surface area contributed by atoms with Crippen molar-refractivity contribution in [1.29, 1.82) is 0 Å². The maximum absolute atomic E-state index is 11.6.